The average Bonchev–Trinajstić information content (AvgIpc) is 2.81. The Morgan fingerprint density at radius 2 is 2.44 bits per heavy atom. The van der Waals surface area contributed by atoms with Gasteiger partial charge in [-0.1, -0.05) is 5.16 Å². The van der Waals surface area contributed by atoms with E-state index in [1.807, 2.05) is 0 Å². The molecule has 0 bridgehead atoms. The van der Waals surface area contributed by atoms with Gasteiger partial charge in [-0.2, -0.15) is 0 Å². The quantitative estimate of drug-likeness (QED) is 0.876. The summed E-state index contributed by atoms with van der Waals surface area (Å²) in [7, 11) is 1.54. The highest BCUT2D eigenvalue weighted by molar-refractivity contribution is 9.10. The van der Waals surface area contributed by atoms with Gasteiger partial charge >= 0.3 is 0 Å². The van der Waals surface area contributed by atoms with Gasteiger partial charge in [0.25, 0.3) is 5.91 Å². The van der Waals surface area contributed by atoms with Gasteiger partial charge in [-0.25, -0.2) is 4.98 Å². The number of hydrogen-bond donors (Lipinski definition) is 1. The Morgan fingerprint density at radius 1 is 1.61 bits per heavy atom. The summed E-state index contributed by atoms with van der Waals surface area (Å²) < 4.78 is 10.4. The molecule has 1 amide bonds. The third-order valence-corrected chi connectivity index (χ3v) is 2.72. The maximum absolute atomic E-state index is 11.9. The van der Waals surface area contributed by atoms with Crippen LogP contribution in [0.15, 0.2) is 33.5 Å². The van der Waals surface area contributed by atoms with Crippen molar-refractivity contribution in [2.75, 3.05) is 12.4 Å². The van der Waals surface area contributed by atoms with Crippen LogP contribution in [0.25, 0.3) is 0 Å². The second-order valence-corrected chi connectivity index (χ2v) is 4.16. The number of pyridine rings is 1. The van der Waals surface area contributed by atoms with Crippen molar-refractivity contribution in [1.29, 1.82) is 0 Å². The summed E-state index contributed by atoms with van der Waals surface area (Å²) in [4.78, 5) is 15.9. The van der Waals surface area contributed by atoms with Gasteiger partial charge in [0.1, 0.15) is 11.2 Å². The number of hydrogen-bond acceptors (Lipinski definition) is 5. The number of halogens is 1. The summed E-state index contributed by atoms with van der Waals surface area (Å²) in [6, 6.07) is 4.98. The smallest absolute Gasteiger partial charge is 0.277 e. The molecule has 0 aliphatic heterocycles. The van der Waals surface area contributed by atoms with Gasteiger partial charge in [0.2, 0.25) is 0 Å². The Labute approximate surface area is 111 Å². The van der Waals surface area contributed by atoms with Crippen LogP contribution in [-0.4, -0.2) is 23.2 Å². The third kappa shape index (κ3) is 2.93. The molecule has 1 N–H and O–H groups in total. The topological polar surface area (TPSA) is 77.2 Å². The van der Waals surface area contributed by atoms with Crippen molar-refractivity contribution in [1.82, 2.24) is 10.1 Å². The number of carbonyl (C=O) groups is 1. The van der Waals surface area contributed by atoms with E-state index in [0.29, 0.717) is 16.1 Å². The van der Waals surface area contributed by atoms with Crippen LogP contribution < -0.4 is 5.32 Å². The average molecular weight is 312 g/mol. The number of rotatable bonds is 4. The molecule has 2 aromatic heterocycles. The lowest BCUT2D eigenvalue weighted by Crippen LogP contribution is -2.12. The Balaban J connectivity index is 2.10. The summed E-state index contributed by atoms with van der Waals surface area (Å²) in [5, 5.41) is 6.33. The van der Waals surface area contributed by atoms with Gasteiger partial charge in [-0.3, -0.25) is 4.79 Å². The van der Waals surface area contributed by atoms with Crippen molar-refractivity contribution in [2.24, 2.45) is 0 Å². The third-order valence-electron chi connectivity index (χ3n) is 2.09. The highest BCUT2D eigenvalue weighted by atomic mass is 79.9. The van der Waals surface area contributed by atoms with E-state index in [9.17, 15) is 4.79 Å². The standard InChI is InChI=1S/C11H10BrN3O3/c1-17-6-7-5-9(15-18-7)11(16)14-8-3-2-4-13-10(8)12/h2-5H,6H2,1H3,(H,14,16). The minimum absolute atomic E-state index is 0.192. The molecule has 0 aromatic carbocycles. The molecular weight excluding hydrogens is 302 g/mol. The SMILES string of the molecule is COCc1cc(C(=O)Nc2cccnc2Br)no1. The number of ether oxygens (including phenoxy) is 1. The summed E-state index contributed by atoms with van der Waals surface area (Å²) in [6.07, 6.45) is 1.62. The zero-order chi connectivity index (χ0) is 13.0. The minimum Gasteiger partial charge on any atom is -0.377 e. The predicted molar refractivity (Wildman–Crippen MR) is 67.1 cm³/mol. The maximum atomic E-state index is 11.9. The summed E-state index contributed by atoms with van der Waals surface area (Å²) >= 11 is 3.24. The fourth-order valence-electron chi connectivity index (χ4n) is 1.30. The molecule has 2 heterocycles. The van der Waals surface area contributed by atoms with E-state index in [4.69, 9.17) is 9.26 Å². The number of nitrogens with one attached hydrogen (secondary N) is 1. The summed E-state index contributed by atoms with van der Waals surface area (Å²) in [5.41, 5.74) is 0.761. The molecule has 0 saturated heterocycles. The molecule has 7 heteroatoms. The number of anilines is 1. The molecule has 6 nitrogen and oxygen atoms in total. The van der Waals surface area contributed by atoms with E-state index >= 15 is 0 Å². The van der Waals surface area contributed by atoms with Crippen molar-refractivity contribution in [3.63, 3.8) is 0 Å². The van der Waals surface area contributed by atoms with Crippen molar-refractivity contribution >= 4 is 27.5 Å². The van der Waals surface area contributed by atoms with Crippen molar-refractivity contribution in [3.8, 4) is 0 Å². The number of nitrogens with zero attached hydrogens (tertiary/aromatic N) is 2. The van der Waals surface area contributed by atoms with Crippen LogP contribution in [0.4, 0.5) is 5.69 Å². The van der Waals surface area contributed by atoms with Crippen LogP contribution in [0.1, 0.15) is 16.2 Å². The van der Waals surface area contributed by atoms with Crippen LogP contribution in [0, 0.1) is 0 Å². The zero-order valence-corrected chi connectivity index (χ0v) is 11.1. The Bertz CT molecular complexity index is 556. The van der Waals surface area contributed by atoms with Gasteiger partial charge in [0.05, 0.1) is 5.69 Å². The first-order valence-corrected chi connectivity index (χ1v) is 5.86. The molecule has 0 unspecified atom stereocenters. The highest BCUT2D eigenvalue weighted by Gasteiger charge is 2.13. The number of amides is 1. The van der Waals surface area contributed by atoms with Gasteiger partial charge in [-0.15, -0.1) is 0 Å². The molecule has 0 spiro atoms. The zero-order valence-electron chi connectivity index (χ0n) is 9.51. The first kappa shape index (κ1) is 12.7. The molecule has 0 radical (unpaired) electrons. The number of carbonyl (C=O) groups excluding carboxylic acids is 1. The normalized spacial score (nSPS) is 10.3. The van der Waals surface area contributed by atoms with Crippen molar-refractivity contribution in [3.05, 3.63) is 40.5 Å². The van der Waals surface area contributed by atoms with E-state index < -0.39 is 0 Å². The first-order valence-electron chi connectivity index (χ1n) is 5.07. The molecule has 94 valence electrons. The maximum Gasteiger partial charge on any atom is 0.277 e. The minimum atomic E-state index is -0.366. The number of aromatic nitrogens is 2. The summed E-state index contributed by atoms with van der Waals surface area (Å²) in [5.74, 6) is 0.128. The molecule has 0 saturated carbocycles. The van der Waals surface area contributed by atoms with Gasteiger partial charge in [-0.05, 0) is 28.1 Å². The molecule has 0 fully saturated rings. The van der Waals surface area contributed by atoms with E-state index in [2.05, 4.69) is 31.4 Å². The lowest BCUT2D eigenvalue weighted by Gasteiger charge is -2.03. The first-order chi connectivity index (χ1) is 8.70. The fourth-order valence-corrected chi connectivity index (χ4v) is 1.65. The van der Waals surface area contributed by atoms with Gasteiger partial charge in [0, 0.05) is 19.4 Å². The Morgan fingerprint density at radius 3 is 3.17 bits per heavy atom. The van der Waals surface area contributed by atoms with Crippen molar-refractivity contribution < 1.29 is 14.1 Å². The molecule has 2 aromatic rings. The van der Waals surface area contributed by atoms with Crippen LogP contribution in [0.5, 0.6) is 0 Å². The molecule has 18 heavy (non-hydrogen) atoms. The van der Waals surface area contributed by atoms with Crippen LogP contribution in [0.3, 0.4) is 0 Å². The van der Waals surface area contributed by atoms with E-state index in [0.717, 1.165) is 0 Å². The monoisotopic (exact) mass is 311 g/mol. The van der Waals surface area contributed by atoms with E-state index in [1.165, 1.54) is 13.2 Å². The summed E-state index contributed by atoms with van der Waals surface area (Å²) in [6.45, 7) is 0.275. The molecule has 0 aliphatic carbocycles. The molecular formula is C11H10BrN3O3. The lowest BCUT2D eigenvalue weighted by atomic mass is 10.3. The van der Waals surface area contributed by atoms with Crippen LogP contribution >= 0.6 is 15.9 Å². The molecule has 0 aliphatic rings. The highest BCUT2D eigenvalue weighted by Crippen LogP contribution is 2.19. The van der Waals surface area contributed by atoms with E-state index in [1.54, 1.807) is 18.3 Å². The van der Waals surface area contributed by atoms with Crippen LogP contribution in [-0.2, 0) is 11.3 Å². The number of methoxy groups -OCH3 is 1. The van der Waals surface area contributed by atoms with Crippen molar-refractivity contribution in [2.45, 2.75) is 6.61 Å². The predicted octanol–water partition coefficient (Wildman–Crippen LogP) is 2.23. The lowest BCUT2D eigenvalue weighted by molar-refractivity contribution is 0.101. The molecule has 2 rings (SSSR count). The van der Waals surface area contributed by atoms with Gasteiger partial charge in [0.15, 0.2) is 11.5 Å². The Hall–Kier alpha value is -1.73. The second kappa shape index (κ2) is 5.74. The second-order valence-electron chi connectivity index (χ2n) is 3.41. The molecule has 0 atom stereocenters. The largest absolute Gasteiger partial charge is 0.377 e. The van der Waals surface area contributed by atoms with Crippen LogP contribution in [0.2, 0.25) is 0 Å². The fraction of sp³-hybridized carbons (Fsp3) is 0.182. The van der Waals surface area contributed by atoms with E-state index in [-0.39, 0.29) is 18.2 Å². The van der Waals surface area contributed by atoms with Gasteiger partial charge < -0.3 is 14.6 Å². The Kier molecular flexibility index (Phi) is 4.06.